The van der Waals surface area contributed by atoms with E-state index in [1.807, 2.05) is 11.6 Å². The Bertz CT molecular complexity index is 466. The maximum absolute atomic E-state index is 11.8. The van der Waals surface area contributed by atoms with Gasteiger partial charge in [-0.25, -0.2) is 0 Å². The molecule has 0 atom stereocenters. The molecule has 1 aliphatic rings. The minimum absolute atomic E-state index is 0.146. The van der Waals surface area contributed by atoms with E-state index in [-0.39, 0.29) is 11.8 Å². The van der Waals surface area contributed by atoms with Crippen molar-refractivity contribution in [2.24, 2.45) is 5.92 Å². The van der Waals surface area contributed by atoms with E-state index in [1.165, 1.54) is 11.3 Å². The van der Waals surface area contributed by atoms with Crippen molar-refractivity contribution in [3.8, 4) is 0 Å². The van der Waals surface area contributed by atoms with Crippen molar-refractivity contribution in [1.82, 2.24) is 15.1 Å². The summed E-state index contributed by atoms with van der Waals surface area (Å²) in [5.74, 6) is 0.311. The average molecular weight is 247 g/mol. The third kappa shape index (κ3) is 2.63. The standard InChI is InChI=1S/C14H21N3O/c1-10-11(2)16-17(12(10)3)9-8-15-14(18)13-6-4-5-7-13/h4-5,13H,6-9H2,1-3H3,(H,15,18). The van der Waals surface area contributed by atoms with Gasteiger partial charge in [0, 0.05) is 18.2 Å². The van der Waals surface area contributed by atoms with Gasteiger partial charge in [-0.2, -0.15) is 5.10 Å². The Morgan fingerprint density at radius 2 is 2.06 bits per heavy atom. The summed E-state index contributed by atoms with van der Waals surface area (Å²) in [7, 11) is 0. The highest BCUT2D eigenvalue weighted by Gasteiger charge is 2.18. The molecule has 0 radical (unpaired) electrons. The molecule has 18 heavy (non-hydrogen) atoms. The van der Waals surface area contributed by atoms with Crippen molar-refractivity contribution in [3.63, 3.8) is 0 Å². The Hall–Kier alpha value is -1.58. The zero-order valence-corrected chi connectivity index (χ0v) is 11.4. The molecular weight excluding hydrogens is 226 g/mol. The van der Waals surface area contributed by atoms with Crippen LogP contribution in [0.25, 0.3) is 0 Å². The molecule has 1 heterocycles. The van der Waals surface area contributed by atoms with E-state index in [9.17, 15) is 4.79 Å². The lowest BCUT2D eigenvalue weighted by Crippen LogP contribution is -2.32. The molecule has 0 saturated heterocycles. The Balaban J connectivity index is 1.81. The maximum atomic E-state index is 11.8. The highest BCUT2D eigenvalue weighted by molar-refractivity contribution is 5.79. The molecule has 0 bridgehead atoms. The van der Waals surface area contributed by atoms with E-state index in [2.05, 4.69) is 36.4 Å². The number of aryl methyl sites for hydroxylation is 1. The normalized spacial score (nSPS) is 15.3. The van der Waals surface area contributed by atoms with Crippen LogP contribution in [-0.4, -0.2) is 22.2 Å². The summed E-state index contributed by atoms with van der Waals surface area (Å²) in [5.41, 5.74) is 3.49. The molecule has 0 fully saturated rings. The molecule has 0 spiro atoms. The van der Waals surface area contributed by atoms with Crippen LogP contribution in [0.4, 0.5) is 0 Å². The number of carbonyl (C=O) groups is 1. The van der Waals surface area contributed by atoms with Gasteiger partial charge in [0.05, 0.1) is 12.2 Å². The molecule has 0 aromatic carbocycles. The first-order valence-corrected chi connectivity index (χ1v) is 6.53. The number of rotatable bonds is 4. The highest BCUT2D eigenvalue weighted by atomic mass is 16.1. The van der Waals surface area contributed by atoms with Crippen molar-refractivity contribution in [1.29, 1.82) is 0 Å². The predicted molar refractivity (Wildman–Crippen MR) is 71.3 cm³/mol. The fraction of sp³-hybridized carbons (Fsp3) is 0.571. The zero-order chi connectivity index (χ0) is 13.1. The van der Waals surface area contributed by atoms with Gasteiger partial charge in [0.1, 0.15) is 0 Å². The van der Waals surface area contributed by atoms with Gasteiger partial charge in [0.15, 0.2) is 0 Å². The van der Waals surface area contributed by atoms with Crippen molar-refractivity contribution in [2.45, 2.75) is 40.2 Å². The Kier molecular flexibility index (Phi) is 3.84. The Morgan fingerprint density at radius 1 is 1.39 bits per heavy atom. The Morgan fingerprint density at radius 3 is 2.61 bits per heavy atom. The van der Waals surface area contributed by atoms with Crippen LogP contribution in [0.5, 0.6) is 0 Å². The molecule has 98 valence electrons. The number of hydrogen-bond acceptors (Lipinski definition) is 2. The first-order valence-electron chi connectivity index (χ1n) is 6.53. The third-order valence-electron chi connectivity index (χ3n) is 3.74. The van der Waals surface area contributed by atoms with Crippen molar-refractivity contribution in [3.05, 3.63) is 29.1 Å². The SMILES string of the molecule is Cc1nn(CCNC(=O)C2CC=CC2)c(C)c1C. The number of carbonyl (C=O) groups excluding carboxylic acids is 1. The highest BCUT2D eigenvalue weighted by Crippen LogP contribution is 2.17. The fourth-order valence-electron chi connectivity index (χ4n) is 2.26. The van der Waals surface area contributed by atoms with E-state index in [0.717, 1.165) is 25.1 Å². The molecule has 1 aromatic heterocycles. The summed E-state index contributed by atoms with van der Waals surface area (Å²) in [4.78, 5) is 11.8. The molecule has 1 aromatic rings. The minimum atomic E-state index is 0.146. The second-order valence-corrected chi connectivity index (χ2v) is 4.95. The van der Waals surface area contributed by atoms with E-state index < -0.39 is 0 Å². The van der Waals surface area contributed by atoms with Gasteiger partial charge in [0.25, 0.3) is 0 Å². The van der Waals surface area contributed by atoms with E-state index >= 15 is 0 Å². The van der Waals surface area contributed by atoms with Crippen LogP contribution < -0.4 is 5.32 Å². The van der Waals surface area contributed by atoms with E-state index in [1.54, 1.807) is 0 Å². The summed E-state index contributed by atoms with van der Waals surface area (Å²) < 4.78 is 1.97. The molecule has 0 saturated carbocycles. The van der Waals surface area contributed by atoms with Gasteiger partial charge in [-0.05, 0) is 39.2 Å². The van der Waals surface area contributed by atoms with Gasteiger partial charge >= 0.3 is 0 Å². The summed E-state index contributed by atoms with van der Waals surface area (Å²) in [6.07, 6.45) is 5.92. The Labute approximate surface area is 108 Å². The van der Waals surface area contributed by atoms with Crippen molar-refractivity contribution in [2.75, 3.05) is 6.54 Å². The van der Waals surface area contributed by atoms with Gasteiger partial charge in [-0.1, -0.05) is 12.2 Å². The topological polar surface area (TPSA) is 46.9 Å². The lowest BCUT2D eigenvalue weighted by molar-refractivity contribution is -0.124. The molecule has 1 aliphatic carbocycles. The molecule has 4 heteroatoms. The third-order valence-corrected chi connectivity index (χ3v) is 3.74. The second kappa shape index (κ2) is 5.38. The first-order chi connectivity index (χ1) is 8.59. The molecular formula is C14H21N3O. The van der Waals surface area contributed by atoms with Gasteiger partial charge in [-0.15, -0.1) is 0 Å². The molecule has 0 unspecified atom stereocenters. The predicted octanol–water partition coefficient (Wildman–Crippen LogP) is 1.89. The second-order valence-electron chi connectivity index (χ2n) is 4.95. The smallest absolute Gasteiger partial charge is 0.223 e. The van der Waals surface area contributed by atoms with Crippen molar-refractivity contribution >= 4 is 5.91 Å². The lowest BCUT2D eigenvalue weighted by Gasteiger charge is -2.11. The number of allylic oxidation sites excluding steroid dienone is 2. The van der Waals surface area contributed by atoms with E-state index in [0.29, 0.717) is 6.54 Å². The number of hydrogen-bond donors (Lipinski definition) is 1. The van der Waals surface area contributed by atoms with Crippen LogP contribution in [0.2, 0.25) is 0 Å². The van der Waals surface area contributed by atoms with Crippen LogP contribution in [-0.2, 0) is 11.3 Å². The van der Waals surface area contributed by atoms with Gasteiger partial charge in [-0.3, -0.25) is 9.48 Å². The summed E-state index contributed by atoms with van der Waals surface area (Å²) in [6, 6.07) is 0. The zero-order valence-electron chi connectivity index (χ0n) is 11.4. The van der Waals surface area contributed by atoms with Crippen LogP contribution in [0.3, 0.4) is 0 Å². The monoisotopic (exact) mass is 247 g/mol. The number of amides is 1. The number of nitrogens with zero attached hydrogens (tertiary/aromatic N) is 2. The largest absolute Gasteiger partial charge is 0.354 e. The van der Waals surface area contributed by atoms with Gasteiger partial charge < -0.3 is 5.32 Å². The summed E-state index contributed by atoms with van der Waals surface area (Å²) in [6.45, 7) is 7.56. The number of aromatic nitrogens is 2. The average Bonchev–Trinajstić information content (AvgIpc) is 2.95. The summed E-state index contributed by atoms with van der Waals surface area (Å²) >= 11 is 0. The summed E-state index contributed by atoms with van der Waals surface area (Å²) in [5, 5.41) is 7.45. The van der Waals surface area contributed by atoms with Gasteiger partial charge in [0.2, 0.25) is 5.91 Å². The molecule has 0 aliphatic heterocycles. The lowest BCUT2D eigenvalue weighted by atomic mass is 10.1. The molecule has 1 amide bonds. The van der Waals surface area contributed by atoms with Crippen LogP contribution in [0, 0.1) is 26.7 Å². The maximum Gasteiger partial charge on any atom is 0.223 e. The van der Waals surface area contributed by atoms with Crippen molar-refractivity contribution < 1.29 is 4.79 Å². The number of nitrogens with one attached hydrogen (secondary N) is 1. The van der Waals surface area contributed by atoms with Crippen LogP contribution in [0.1, 0.15) is 29.8 Å². The molecule has 2 rings (SSSR count). The van der Waals surface area contributed by atoms with Crippen LogP contribution in [0.15, 0.2) is 12.2 Å². The fourth-order valence-corrected chi connectivity index (χ4v) is 2.26. The molecule has 1 N–H and O–H groups in total. The van der Waals surface area contributed by atoms with E-state index in [4.69, 9.17) is 0 Å². The molecule has 4 nitrogen and oxygen atoms in total. The minimum Gasteiger partial charge on any atom is -0.354 e. The first kappa shape index (κ1) is 12.9. The quantitative estimate of drug-likeness (QED) is 0.826. The van der Waals surface area contributed by atoms with Crippen LogP contribution >= 0.6 is 0 Å².